The van der Waals surface area contributed by atoms with Crippen molar-refractivity contribution in [1.29, 1.82) is 0 Å². The van der Waals surface area contributed by atoms with Crippen LogP contribution in [0.15, 0.2) is 6.33 Å². The van der Waals surface area contributed by atoms with Gasteiger partial charge in [0.2, 0.25) is 5.88 Å². The van der Waals surface area contributed by atoms with E-state index in [-0.39, 0.29) is 0 Å². The molecule has 0 saturated heterocycles. The number of hydrogen-bond acceptors (Lipinski definition) is 5. The molecule has 1 saturated carbocycles. The number of nitrogen functional groups attached to an aromatic ring is 1. The molecule has 2 atom stereocenters. The fraction of sp³-hybridized carbons (Fsp3) is 0.667. The maximum atomic E-state index is 5.95. The molecule has 2 rings (SSSR count). The van der Waals surface area contributed by atoms with Crippen LogP contribution < -0.4 is 15.8 Å². The Labute approximate surface area is 102 Å². The lowest BCUT2D eigenvalue weighted by molar-refractivity contribution is 0.306. The molecule has 0 bridgehead atoms. The van der Waals surface area contributed by atoms with Gasteiger partial charge in [0, 0.05) is 6.54 Å². The highest BCUT2D eigenvalue weighted by molar-refractivity contribution is 5.66. The third-order valence-electron chi connectivity index (χ3n) is 3.10. The number of nitrogens with zero attached hydrogens (tertiary/aromatic N) is 2. The van der Waals surface area contributed by atoms with Crippen molar-refractivity contribution in [2.24, 2.45) is 11.8 Å². The van der Waals surface area contributed by atoms with Crippen LogP contribution in [0, 0.1) is 11.8 Å². The van der Waals surface area contributed by atoms with Crippen LogP contribution in [-0.4, -0.2) is 23.1 Å². The Bertz CT molecular complexity index is 383. The first-order chi connectivity index (χ1) is 8.22. The van der Waals surface area contributed by atoms with Crippen LogP contribution in [0.5, 0.6) is 5.88 Å². The molecule has 1 aliphatic rings. The Morgan fingerprint density at radius 3 is 2.94 bits per heavy atom. The molecule has 1 heterocycles. The average Bonchev–Trinajstić information content (AvgIpc) is 3.02. The van der Waals surface area contributed by atoms with Gasteiger partial charge in [-0.15, -0.1) is 0 Å². The van der Waals surface area contributed by atoms with Crippen molar-refractivity contribution >= 4 is 11.5 Å². The van der Waals surface area contributed by atoms with E-state index in [4.69, 9.17) is 10.5 Å². The first kappa shape index (κ1) is 12.0. The van der Waals surface area contributed by atoms with Gasteiger partial charge in [0.1, 0.15) is 12.0 Å². The summed E-state index contributed by atoms with van der Waals surface area (Å²) in [7, 11) is 0. The van der Waals surface area contributed by atoms with Crippen LogP contribution in [0.3, 0.4) is 0 Å². The number of anilines is 2. The summed E-state index contributed by atoms with van der Waals surface area (Å²) in [6, 6.07) is 0. The van der Waals surface area contributed by atoms with Crippen LogP contribution in [0.4, 0.5) is 11.5 Å². The van der Waals surface area contributed by atoms with Crippen molar-refractivity contribution < 1.29 is 4.74 Å². The SMILES string of the molecule is CCCOc1ncnc(NCC2CC2C)c1N. The first-order valence-corrected chi connectivity index (χ1v) is 6.19. The van der Waals surface area contributed by atoms with Crippen LogP contribution >= 0.6 is 0 Å². The van der Waals surface area contributed by atoms with Crippen molar-refractivity contribution in [1.82, 2.24) is 9.97 Å². The molecule has 0 spiro atoms. The number of ether oxygens (including phenoxy) is 1. The summed E-state index contributed by atoms with van der Waals surface area (Å²) in [5, 5.41) is 3.27. The molecule has 2 unspecified atom stereocenters. The van der Waals surface area contributed by atoms with Crippen molar-refractivity contribution in [3.8, 4) is 5.88 Å². The van der Waals surface area contributed by atoms with Crippen LogP contribution in [0.25, 0.3) is 0 Å². The molecular weight excluding hydrogens is 216 g/mol. The second-order valence-corrected chi connectivity index (χ2v) is 4.64. The van der Waals surface area contributed by atoms with Crippen molar-refractivity contribution in [2.45, 2.75) is 26.7 Å². The van der Waals surface area contributed by atoms with E-state index in [1.807, 2.05) is 6.92 Å². The topological polar surface area (TPSA) is 73.1 Å². The summed E-state index contributed by atoms with van der Waals surface area (Å²) in [5.41, 5.74) is 6.46. The third kappa shape index (κ3) is 2.99. The number of hydrogen-bond donors (Lipinski definition) is 2. The molecule has 0 aromatic carbocycles. The van der Waals surface area contributed by atoms with Crippen LogP contribution in [0.2, 0.25) is 0 Å². The van der Waals surface area contributed by atoms with Gasteiger partial charge in [0.05, 0.1) is 6.61 Å². The first-order valence-electron chi connectivity index (χ1n) is 6.19. The number of rotatable bonds is 6. The third-order valence-corrected chi connectivity index (χ3v) is 3.10. The Balaban J connectivity index is 1.96. The Morgan fingerprint density at radius 2 is 2.29 bits per heavy atom. The Hall–Kier alpha value is -1.52. The molecule has 5 heteroatoms. The maximum absolute atomic E-state index is 5.95. The van der Waals surface area contributed by atoms with Gasteiger partial charge in [0.25, 0.3) is 0 Å². The molecule has 1 aromatic rings. The van der Waals surface area contributed by atoms with Crippen LogP contribution in [-0.2, 0) is 0 Å². The zero-order chi connectivity index (χ0) is 12.3. The largest absolute Gasteiger partial charge is 0.476 e. The quantitative estimate of drug-likeness (QED) is 0.789. The second-order valence-electron chi connectivity index (χ2n) is 4.64. The van der Waals surface area contributed by atoms with Gasteiger partial charge in [-0.1, -0.05) is 13.8 Å². The molecular formula is C12H20N4O. The van der Waals surface area contributed by atoms with Crippen LogP contribution in [0.1, 0.15) is 26.7 Å². The van der Waals surface area contributed by atoms with Crippen molar-refractivity contribution in [3.05, 3.63) is 6.33 Å². The molecule has 3 N–H and O–H groups in total. The van der Waals surface area contributed by atoms with Gasteiger partial charge in [-0.05, 0) is 24.7 Å². The average molecular weight is 236 g/mol. The molecule has 1 aromatic heterocycles. The number of nitrogens with one attached hydrogen (secondary N) is 1. The highest BCUT2D eigenvalue weighted by atomic mass is 16.5. The van der Waals surface area contributed by atoms with Gasteiger partial charge in [-0.25, -0.2) is 4.98 Å². The zero-order valence-corrected chi connectivity index (χ0v) is 10.4. The van der Waals surface area contributed by atoms with Gasteiger partial charge >= 0.3 is 0 Å². The standard InChI is InChI=1S/C12H20N4O/c1-3-4-17-12-10(13)11(15-7-16-12)14-6-9-5-8(9)2/h7-9H,3-6,13H2,1-2H3,(H,14,15,16). The van der Waals surface area contributed by atoms with E-state index in [0.717, 1.165) is 24.8 Å². The minimum Gasteiger partial charge on any atom is -0.476 e. The molecule has 0 aliphatic heterocycles. The van der Waals surface area contributed by atoms with E-state index >= 15 is 0 Å². The Morgan fingerprint density at radius 1 is 1.53 bits per heavy atom. The summed E-state index contributed by atoms with van der Waals surface area (Å²) in [6.45, 7) is 5.85. The lowest BCUT2D eigenvalue weighted by Crippen LogP contribution is -2.10. The molecule has 94 valence electrons. The molecule has 0 amide bonds. The summed E-state index contributed by atoms with van der Waals surface area (Å²) < 4.78 is 5.45. The van der Waals surface area contributed by atoms with E-state index in [2.05, 4.69) is 22.2 Å². The fourth-order valence-corrected chi connectivity index (χ4v) is 1.75. The fourth-order valence-electron chi connectivity index (χ4n) is 1.75. The molecule has 1 aliphatic carbocycles. The van der Waals surface area contributed by atoms with Gasteiger partial charge < -0.3 is 15.8 Å². The highest BCUT2D eigenvalue weighted by Gasteiger charge is 2.32. The second kappa shape index (κ2) is 5.21. The molecule has 0 radical (unpaired) electrons. The molecule has 5 nitrogen and oxygen atoms in total. The zero-order valence-electron chi connectivity index (χ0n) is 10.4. The van der Waals surface area contributed by atoms with Gasteiger partial charge in [-0.3, -0.25) is 0 Å². The minimum absolute atomic E-state index is 0.480. The summed E-state index contributed by atoms with van der Waals surface area (Å²) >= 11 is 0. The van der Waals surface area contributed by atoms with Crippen molar-refractivity contribution in [3.63, 3.8) is 0 Å². The maximum Gasteiger partial charge on any atom is 0.242 e. The van der Waals surface area contributed by atoms with E-state index in [9.17, 15) is 0 Å². The monoisotopic (exact) mass is 236 g/mol. The van der Waals surface area contributed by atoms with E-state index in [1.54, 1.807) is 0 Å². The van der Waals surface area contributed by atoms with Gasteiger partial charge in [0.15, 0.2) is 5.82 Å². The van der Waals surface area contributed by atoms with E-state index in [0.29, 0.717) is 24.0 Å². The Kier molecular flexibility index (Phi) is 3.66. The smallest absolute Gasteiger partial charge is 0.242 e. The normalized spacial score (nSPS) is 22.2. The summed E-state index contributed by atoms with van der Waals surface area (Å²) in [6.07, 6.45) is 3.71. The van der Waals surface area contributed by atoms with E-state index in [1.165, 1.54) is 12.7 Å². The van der Waals surface area contributed by atoms with Gasteiger partial charge in [-0.2, -0.15) is 4.98 Å². The molecule has 17 heavy (non-hydrogen) atoms. The predicted octanol–water partition coefficient (Wildman–Crippen LogP) is 1.92. The number of nitrogens with two attached hydrogens (primary N) is 1. The lowest BCUT2D eigenvalue weighted by atomic mass is 10.3. The number of aromatic nitrogens is 2. The predicted molar refractivity (Wildman–Crippen MR) is 68.0 cm³/mol. The van der Waals surface area contributed by atoms with Crippen molar-refractivity contribution in [2.75, 3.05) is 24.2 Å². The molecule has 1 fully saturated rings. The van der Waals surface area contributed by atoms with E-state index < -0.39 is 0 Å². The highest BCUT2D eigenvalue weighted by Crippen LogP contribution is 2.38. The lowest BCUT2D eigenvalue weighted by Gasteiger charge is -2.11. The summed E-state index contributed by atoms with van der Waals surface area (Å²) in [5.74, 6) is 2.74. The summed E-state index contributed by atoms with van der Waals surface area (Å²) in [4.78, 5) is 8.18. The minimum atomic E-state index is 0.480.